The molecule has 2 aromatic rings. The highest BCUT2D eigenvalue weighted by Gasteiger charge is 2.29. The number of amides is 1. The number of nitrogens with one attached hydrogen (secondary N) is 1. The summed E-state index contributed by atoms with van der Waals surface area (Å²) in [6.45, 7) is 1.53. The molecule has 1 N–H and O–H groups in total. The lowest BCUT2D eigenvalue weighted by Crippen LogP contribution is -2.46. The van der Waals surface area contributed by atoms with Gasteiger partial charge in [-0.15, -0.1) is 0 Å². The molecule has 1 atom stereocenters. The molecule has 1 amide bonds. The fourth-order valence-electron chi connectivity index (χ4n) is 4.27. The third kappa shape index (κ3) is 3.45. The smallest absolute Gasteiger partial charge is 0.261 e. The monoisotopic (exact) mass is 354 g/mol. The van der Waals surface area contributed by atoms with Crippen molar-refractivity contribution in [1.82, 2.24) is 19.7 Å². The number of carbonyl (C=O) groups is 1. The van der Waals surface area contributed by atoms with E-state index in [1.165, 1.54) is 0 Å². The van der Waals surface area contributed by atoms with Crippen LogP contribution in [0.4, 0.5) is 0 Å². The number of fused-ring (bicyclic) bond motifs is 1. The van der Waals surface area contributed by atoms with E-state index in [9.17, 15) is 9.59 Å². The minimum absolute atomic E-state index is 0.107. The second kappa shape index (κ2) is 7.48. The molecule has 4 rings (SSSR count). The molecule has 1 aliphatic heterocycles. The molecule has 0 aromatic carbocycles. The summed E-state index contributed by atoms with van der Waals surface area (Å²) < 4.78 is 1.91. The van der Waals surface area contributed by atoms with E-state index in [1.54, 1.807) is 6.20 Å². The van der Waals surface area contributed by atoms with Crippen LogP contribution in [0, 0.1) is 0 Å². The van der Waals surface area contributed by atoms with Crippen molar-refractivity contribution >= 4 is 5.91 Å². The molecule has 2 aliphatic rings. The SMILES string of the molecule is O=C(c1cc2c([nH]c1=O)CCCC2)N1CCCCC1CCn1cccn1. The van der Waals surface area contributed by atoms with Crippen LogP contribution in [-0.4, -0.2) is 38.2 Å². The van der Waals surface area contributed by atoms with Crippen molar-refractivity contribution in [2.24, 2.45) is 0 Å². The van der Waals surface area contributed by atoms with E-state index in [0.717, 1.165) is 75.7 Å². The molecule has 6 nitrogen and oxygen atoms in total. The number of hydrogen-bond donors (Lipinski definition) is 1. The zero-order chi connectivity index (χ0) is 17.9. The molecular weight excluding hydrogens is 328 g/mol. The molecule has 0 bridgehead atoms. The third-order valence-electron chi connectivity index (χ3n) is 5.71. The highest BCUT2D eigenvalue weighted by atomic mass is 16.2. The Morgan fingerprint density at radius 3 is 2.96 bits per heavy atom. The first kappa shape index (κ1) is 17.1. The third-order valence-corrected chi connectivity index (χ3v) is 5.71. The number of H-pyrrole nitrogens is 1. The maximum atomic E-state index is 13.2. The minimum Gasteiger partial charge on any atom is -0.335 e. The summed E-state index contributed by atoms with van der Waals surface area (Å²) in [5.41, 5.74) is 2.25. The summed E-state index contributed by atoms with van der Waals surface area (Å²) >= 11 is 0. The molecular formula is C20H26N4O2. The van der Waals surface area contributed by atoms with E-state index >= 15 is 0 Å². The molecule has 3 heterocycles. The van der Waals surface area contributed by atoms with Gasteiger partial charge in [0.25, 0.3) is 11.5 Å². The number of carbonyl (C=O) groups excluding carboxylic acids is 1. The van der Waals surface area contributed by atoms with Crippen LogP contribution < -0.4 is 5.56 Å². The van der Waals surface area contributed by atoms with E-state index in [1.807, 2.05) is 27.9 Å². The quantitative estimate of drug-likeness (QED) is 0.917. The highest BCUT2D eigenvalue weighted by Crippen LogP contribution is 2.24. The van der Waals surface area contributed by atoms with Gasteiger partial charge in [-0.25, -0.2) is 0 Å². The molecule has 138 valence electrons. The molecule has 1 saturated heterocycles. The second-order valence-electron chi connectivity index (χ2n) is 7.43. The van der Waals surface area contributed by atoms with E-state index < -0.39 is 0 Å². The van der Waals surface area contributed by atoms with Gasteiger partial charge in [0.15, 0.2) is 0 Å². The molecule has 1 fully saturated rings. The van der Waals surface area contributed by atoms with E-state index in [-0.39, 0.29) is 17.5 Å². The first-order valence-electron chi connectivity index (χ1n) is 9.76. The zero-order valence-corrected chi connectivity index (χ0v) is 15.1. The fourth-order valence-corrected chi connectivity index (χ4v) is 4.27. The summed E-state index contributed by atoms with van der Waals surface area (Å²) in [6, 6.07) is 3.95. The van der Waals surface area contributed by atoms with E-state index in [2.05, 4.69) is 10.1 Å². The van der Waals surface area contributed by atoms with Crippen molar-refractivity contribution in [3.8, 4) is 0 Å². The van der Waals surface area contributed by atoms with Gasteiger partial charge in [0.1, 0.15) is 5.56 Å². The Morgan fingerprint density at radius 1 is 1.23 bits per heavy atom. The molecule has 1 unspecified atom stereocenters. The Labute approximate surface area is 153 Å². The Morgan fingerprint density at radius 2 is 2.12 bits per heavy atom. The normalized spacial score (nSPS) is 20.0. The zero-order valence-electron chi connectivity index (χ0n) is 15.1. The van der Waals surface area contributed by atoms with Crippen molar-refractivity contribution in [3.63, 3.8) is 0 Å². The summed E-state index contributed by atoms with van der Waals surface area (Å²) in [5.74, 6) is -0.107. The number of rotatable bonds is 4. The van der Waals surface area contributed by atoms with Crippen LogP contribution >= 0.6 is 0 Å². The standard InChI is InChI=1S/C20H26N4O2/c25-19-17(14-15-6-1-2-8-18(15)22-19)20(26)24-12-4-3-7-16(24)9-13-23-11-5-10-21-23/h5,10-11,14,16H,1-4,6-9,12-13H2,(H,22,25). The second-order valence-corrected chi connectivity index (χ2v) is 7.43. The van der Waals surface area contributed by atoms with Crippen LogP contribution in [0.1, 0.15) is 60.1 Å². The number of aromatic amines is 1. The van der Waals surface area contributed by atoms with Crippen LogP contribution in [-0.2, 0) is 19.4 Å². The van der Waals surface area contributed by atoms with Crippen LogP contribution in [0.25, 0.3) is 0 Å². The van der Waals surface area contributed by atoms with Crippen LogP contribution in [0.15, 0.2) is 29.3 Å². The molecule has 26 heavy (non-hydrogen) atoms. The van der Waals surface area contributed by atoms with Gasteiger partial charge in [-0.1, -0.05) is 0 Å². The highest BCUT2D eigenvalue weighted by molar-refractivity contribution is 5.94. The molecule has 1 aliphatic carbocycles. The van der Waals surface area contributed by atoms with Crippen molar-refractivity contribution in [2.75, 3.05) is 6.54 Å². The maximum Gasteiger partial charge on any atom is 0.261 e. The molecule has 0 spiro atoms. The lowest BCUT2D eigenvalue weighted by molar-refractivity contribution is 0.0592. The lowest BCUT2D eigenvalue weighted by atomic mass is 9.94. The summed E-state index contributed by atoms with van der Waals surface area (Å²) in [5, 5.41) is 4.25. The number of likely N-dealkylation sites (tertiary alicyclic amines) is 1. The Hall–Kier alpha value is -2.37. The van der Waals surface area contributed by atoms with E-state index in [4.69, 9.17) is 0 Å². The molecule has 2 aromatic heterocycles. The maximum absolute atomic E-state index is 13.2. The van der Waals surface area contributed by atoms with Gasteiger partial charge in [-0.2, -0.15) is 5.10 Å². The van der Waals surface area contributed by atoms with Gasteiger partial charge in [0.2, 0.25) is 0 Å². The van der Waals surface area contributed by atoms with Gasteiger partial charge in [0, 0.05) is 37.2 Å². The summed E-state index contributed by atoms with van der Waals surface area (Å²) in [7, 11) is 0. The predicted molar refractivity (Wildman–Crippen MR) is 99.2 cm³/mol. The van der Waals surface area contributed by atoms with E-state index in [0.29, 0.717) is 5.56 Å². The van der Waals surface area contributed by atoms with Crippen molar-refractivity contribution in [3.05, 3.63) is 51.7 Å². The Bertz CT molecular complexity index is 825. The summed E-state index contributed by atoms with van der Waals surface area (Å²) in [4.78, 5) is 30.6. The lowest BCUT2D eigenvalue weighted by Gasteiger charge is -2.36. The Kier molecular flexibility index (Phi) is 4.91. The molecule has 0 saturated carbocycles. The topological polar surface area (TPSA) is 71.0 Å². The first-order valence-corrected chi connectivity index (χ1v) is 9.76. The minimum atomic E-state index is -0.230. The number of hydrogen-bond acceptors (Lipinski definition) is 3. The first-order chi connectivity index (χ1) is 12.7. The largest absolute Gasteiger partial charge is 0.335 e. The van der Waals surface area contributed by atoms with Gasteiger partial charge in [0.05, 0.1) is 0 Å². The van der Waals surface area contributed by atoms with Gasteiger partial charge in [-0.3, -0.25) is 14.3 Å². The number of aromatic nitrogens is 3. The summed E-state index contributed by atoms with van der Waals surface area (Å²) in [6.07, 6.45) is 11.8. The predicted octanol–water partition coefficient (Wildman–Crippen LogP) is 2.54. The fraction of sp³-hybridized carbons (Fsp3) is 0.550. The van der Waals surface area contributed by atoms with Crippen LogP contribution in [0.3, 0.4) is 0 Å². The van der Waals surface area contributed by atoms with Crippen molar-refractivity contribution < 1.29 is 4.79 Å². The van der Waals surface area contributed by atoms with Crippen molar-refractivity contribution in [1.29, 1.82) is 0 Å². The van der Waals surface area contributed by atoms with Crippen LogP contribution in [0.5, 0.6) is 0 Å². The van der Waals surface area contributed by atoms with Gasteiger partial charge >= 0.3 is 0 Å². The number of nitrogens with zero attached hydrogens (tertiary/aromatic N) is 3. The van der Waals surface area contributed by atoms with Gasteiger partial charge in [-0.05, 0) is 69.1 Å². The average molecular weight is 354 g/mol. The number of piperidine rings is 1. The number of pyridine rings is 1. The molecule has 0 radical (unpaired) electrons. The average Bonchev–Trinajstić information content (AvgIpc) is 3.19. The molecule has 6 heteroatoms. The Balaban J connectivity index is 1.54. The van der Waals surface area contributed by atoms with Crippen molar-refractivity contribution in [2.45, 2.75) is 64.0 Å². The van der Waals surface area contributed by atoms with Crippen LogP contribution in [0.2, 0.25) is 0 Å². The number of aryl methyl sites for hydroxylation is 3. The van der Waals surface area contributed by atoms with Gasteiger partial charge < -0.3 is 9.88 Å².